The molecular formula is C23H31F3N4O2. The number of nitrogens with one attached hydrogen (secondary N) is 2. The van der Waals surface area contributed by atoms with Crippen molar-refractivity contribution in [3.8, 4) is 5.75 Å². The minimum atomic E-state index is -4.51. The van der Waals surface area contributed by atoms with Crippen molar-refractivity contribution in [2.45, 2.75) is 71.3 Å². The van der Waals surface area contributed by atoms with Crippen LogP contribution < -0.4 is 15.4 Å². The van der Waals surface area contributed by atoms with Gasteiger partial charge in [-0.2, -0.15) is 18.3 Å². The molecule has 2 aromatic rings. The maximum atomic E-state index is 13.9. The second kappa shape index (κ2) is 8.33. The van der Waals surface area contributed by atoms with Crippen LogP contribution in [0.1, 0.15) is 75.6 Å². The van der Waals surface area contributed by atoms with Crippen LogP contribution in [0.2, 0.25) is 0 Å². The summed E-state index contributed by atoms with van der Waals surface area (Å²) in [7, 11) is 1.53. The van der Waals surface area contributed by atoms with E-state index in [0.717, 1.165) is 4.68 Å². The summed E-state index contributed by atoms with van der Waals surface area (Å²) in [5, 5.41) is 10.1. The molecule has 2 atom stereocenters. The zero-order valence-corrected chi connectivity index (χ0v) is 19.3. The minimum Gasteiger partial charge on any atom is -0.497 e. The summed E-state index contributed by atoms with van der Waals surface area (Å²) in [6.45, 7) is 9.97. The highest BCUT2D eigenvalue weighted by molar-refractivity contribution is 5.93. The van der Waals surface area contributed by atoms with Crippen LogP contribution in [0.3, 0.4) is 0 Å². The summed E-state index contributed by atoms with van der Waals surface area (Å²) in [6.07, 6.45) is -4.05. The molecule has 0 radical (unpaired) electrons. The number of alkyl halides is 3. The number of aromatic nitrogens is 2. The summed E-state index contributed by atoms with van der Waals surface area (Å²) in [6, 6.07) is 5.86. The number of hydrogen-bond donors (Lipinski definition) is 2. The summed E-state index contributed by atoms with van der Waals surface area (Å²) < 4.78 is 47.7. The molecule has 2 N–H and O–H groups in total. The first-order valence-electron chi connectivity index (χ1n) is 10.6. The SMILES string of the molecule is COc1ccc([C@H]2C[C@H](C(F)(F)F)n3nc(C(=O)NC(C)(C)CC(C)(C)C)cc3N2)cc1. The number of hydrogen-bond acceptors (Lipinski definition) is 4. The van der Waals surface area contributed by atoms with Crippen molar-refractivity contribution in [2.75, 3.05) is 12.4 Å². The maximum Gasteiger partial charge on any atom is 0.410 e. The van der Waals surface area contributed by atoms with Gasteiger partial charge >= 0.3 is 6.18 Å². The van der Waals surface area contributed by atoms with Gasteiger partial charge in [-0.05, 0) is 43.4 Å². The van der Waals surface area contributed by atoms with Gasteiger partial charge in [-0.1, -0.05) is 32.9 Å². The second-order valence-electron chi connectivity index (χ2n) is 10.2. The van der Waals surface area contributed by atoms with Gasteiger partial charge in [0.15, 0.2) is 11.7 Å². The molecule has 176 valence electrons. The van der Waals surface area contributed by atoms with Crippen LogP contribution in [0.25, 0.3) is 0 Å². The Labute approximate surface area is 186 Å². The predicted octanol–water partition coefficient (Wildman–Crippen LogP) is 5.50. The third-order valence-corrected chi connectivity index (χ3v) is 5.36. The van der Waals surface area contributed by atoms with Crippen molar-refractivity contribution in [2.24, 2.45) is 5.41 Å². The second-order valence-corrected chi connectivity index (χ2v) is 10.2. The number of benzene rings is 1. The van der Waals surface area contributed by atoms with Crippen molar-refractivity contribution >= 4 is 11.7 Å². The van der Waals surface area contributed by atoms with E-state index in [1.54, 1.807) is 24.3 Å². The van der Waals surface area contributed by atoms with E-state index in [4.69, 9.17) is 4.74 Å². The fourth-order valence-electron chi connectivity index (χ4n) is 4.48. The lowest BCUT2D eigenvalue weighted by Crippen LogP contribution is -2.46. The molecule has 2 heterocycles. The number of amides is 1. The van der Waals surface area contributed by atoms with Gasteiger partial charge in [-0.25, -0.2) is 4.68 Å². The number of carbonyl (C=O) groups excluding carboxylic acids is 1. The van der Waals surface area contributed by atoms with Crippen molar-refractivity contribution in [1.29, 1.82) is 0 Å². The fourth-order valence-corrected chi connectivity index (χ4v) is 4.48. The molecule has 0 aliphatic carbocycles. The molecule has 0 unspecified atom stereocenters. The lowest BCUT2D eigenvalue weighted by molar-refractivity contribution is -0.173. The van der Waals surface area contributed by atoms with Crippen LogP contribution in [0.5, 0.6) is 5.75 Å². The van der Waals surface area contributed by atoms with Crippen LogP contribution in [0.15, 0.2) is 30.3 Å². The highest BCUT2D eigenvalue weighted by Gasteiger charge is 2.47. The van der Waals surface area contributed by atoms with Crippen molar-refractivity contribution in [1.82, 2.24) is 15.1 Å². The lowest BCUT2D eigenvalue weighted by Gasteiger charge is -2.33. The van der Waals surface area contributed by atoms with Gasteiger partial charge in [0.05, 0.1) is 13.2 Å². The Balaban J connectivity index is 1.88. The van der Waals surface area contributed by atoms with Crippen molar-refractivity contribution in [3.63, 3.8) is 0 Å². The number of methoxy groups -OCH3 is 1. The summed E-state index contributed by atoms with van der Waals surface area (Å²) in [5.41, 5.74) is 0.0876. The number of anilines is 1. The molecule has 3 rings (SSSR count). The van der Waals surface area contributed by atoms with Gasteiger partial charge < -0.3 is 15.4 Å². The number of rotatable bonds is 5. The maximum absolute atomic E-state index is 13.9. The number of carbonyl (C=O) groups is 1. The Morgan fingerprint density at radius 2 is 1.81 bits per heavy atom. The fraction of sp³-hybridized carbons (Fsp3) is 0.565. The van der Waals surface area contributed by atoms with E-state index in [1.807, 2.05) is 13.8 Å². The molecule has 1 aliphatic heterocycles. The topological polar surface area (TPSA) is 68.2 Å². The average molecular weight is 453 g/mol. The molecule has 1 amide bonds. The molecule has 9 heteroatoms. The van der Waals surface area contributed by atoms with Gasteiger partial charge in [-0.15, -0.1) is 0 Å². The first-order chi connectivity index (χ1) is 14.7. The molecule has 1 aromatic carbocycles. The largest absolute Gasteiger partial charge is 0.497 e. The number of nitrogens with zero attached hydrogens (tertiary/aromatic N) is 2. The van der Waals surface area contributed by atoms with Gasteiger partial charge in [0.1, 0.15) is 11.6 Å². The molecule has 0 saturated heterocycles. The smallest absolute Gasteiger partial charge is 0.410 e. The zero-order valence-electron chi connectivity index (χ0n) is 19.3. The molecule has 0 bridgehead atoms. The number of halogens is 3. The van der Waals surface area contributed by atoms with E-state index in [-0.39, 0.29) is 23.3 Å². The van der Waals surface area contributed by atoms with E-state index in [2.05, 4.69) is 36.5 Å². The summed E-state index contributed by atoms with van der Waals surface area (Å²) >= 11 is 0. The molecule has 1 aliphatic rings. The standard InChI is InChI=1S/C23H31F3N4O2/c1-21(2,3)13-22(4,5)28-20(31)17-12-19-27-16(14-7-9-15(32-6)10-8-14)11-18(23(24,25)26)30(19)29-17/h7-10,12,16,18,27H,11,13H2,1-6H3,(H,28,31)/t16-,18-/m1/s1. The highest BCUT2D eigenvalue weighted by atomic mass is 19.4. The van der Waals surface area contributed by atoms with E-state index in [0.29, 0.717) is 17.7 Å². The van der Waals surface area contributed by atoms with Crippen LogP contribution in [0, 0.1) is 5.41 Å². The molecule has 0 fully saturated rings. The van der Waals surface area contributed by atoms with Gasteiger partial charge in [0.25, 0.3) is 5.91 Å². The predicted molar refractivity (Wildman–Crippen MR) is 117 cm³/mol. The van der Waals surface area contributed by atoms with Crippen LogP contribution in [-0.4, -0.2) is 34.5 Å². The van der Waals surface area contributed by atoms with E-state index in [1.165, 1.54) is 13.2 Å². The Morgan fingerprint density at radius 3 is 2.34 bits per heavy atom. The molecule has 0 spiro atoms. The molecule has 0 saturated carbocycles. The molecule has 1 aromatic heterocycles. The van der Waals surface area contributed by atoms with Crippen LogP contribution in [-0.2, 0) is 0 Å². The van der Waals surface area contributed by atoms with Crippen LogP contribution >= 0.6 is 0 Å². The van der Waals surface area contributed by atoms with E-state index < -0.39 is 29.7 Å². The molecular weight excluding hydrogens is 421 g/mol. The monoisotopic (exact) mass is 452 g/mol. The number of fused-ring (bicyclic) bond motifs is 1. The van der Waals surface area contributed by atoms with Gasteiger partial charge in [-0.3, -0.25) is 4.79 Å². The third-order valence-electron chi connectivity index (χ3n) is 5.36. The first kappa shape index (κ1) is 23.9. The Morgan fingerprint density at radius 1 is 1.19 bits per heavy atom. The minimum absolute atomic E-state index is 0.0290. The number of ether oxygens (including phenoxy) is 1. The van der Waals surface area contributed by atoms with Crippen molar-refractivity contribution < 1.29 is 22.7 Å². The molecule has 6 nitrogen and oxygen atoms in total. The third kappa shape index (κ3) is 5.55. The van der Waals surface area contributed by atoms with Gasteiger partial charge in [0.2, 0.25) is 0 Å². The van der Waals surface area contributed by atoms with Gasteiger partial charge in [0, 0.05) is 18.0 Å². The average Bonchev–Trinajstić information content (AvgIpc) is 3.08. The lowest BCUT2D eigenvalue weighted by atomic mass is 9.82. The normalized spacial score (nSPS) is 19.2. The zero-order chi connectivity index (χ0) is 23.9. The highest BCUT2D eigenvalue weighted by Crippen LogP contribution is 2.43. The summed E-state index contributed by atoms with van der Waals surface area (Å²) in [4.78, 5) is 12.8. The van der Waals surface area contributed by atoms with Crippen LogP contribution in [0.4, 0.5) is 19.0 Å². The quantitative estimate of drug-likeness (QED) is 0.629. The van der Waals surface area contributed by atoms with E-state index >= 15 is 0 Å². The Hall–Kier alpha value is -2.71. The Bertz CT molecular complexity index is 959. The van der Waals surface area contributed by atoms with E-state index in [9.17, 15) is 18.0 Å². The van der Waals surface area contributed by atoms with Crippen molar-refractivity contribution in [3.05, 3.63) is 41.6 Å². The molecule has 32 heavy (non-hydrogen) atoms. The first-order valence-corrected chi connectivity index (χ1v) is 10.6. The Kier molecular flexibility index (Phi) is 6.23. The summed E-state index contributed by atoms with van der Waals surface area (Å²) in [5.74, 6) is 0.293.